The monoisotopic (exact) mass is 484 g/mol. The van der Waals surface area contributed by atoms with E-state index in [-0.39, 0.29) is 24.1 Å². The summed E-state index contributed by atoms with van der Waals surface area (Å²) in [4.78, 5) is 29.6. The minimum Gasteiger partial charge on any atom is -0.462 e. The molecule has 1 amide bonds. The van der Waals surface area contributed by atoms with Crippen LogP contribution in [0.3, 0.4) is 0 Å². The number of nitrogens with one attached hydrogen (secondary N) is 1. The van der Waals surface area contributed by atoms with Gasteiger partial charge in [0.05, 0.1) is 17.9 Å². The van der Waals surface area contributed by atoms with Crippen molar-refractivity contribution >= 4 is 40.0 Å². The number of fused-ring (bicyclic) bond motifs is 1. The van der Waals surface area contributed by atoms with Gasteiger partial charge in [0.15, 0.2) is 0 Å². The lowest BCUT2D eigenvalue weighted by Gasteiger charge is -2.27. The number of carbonyl (C=O) groups excluding carboxylic acids is 2. The number of rotatable bonds is 8. The largest absolute Gasteiger partial charge is 0.462 e. The van der Waals surface area contributed by atoms with Crippen molar-refractivity contribution in [2.24, 2.45) is 0 Å². The fourth-order valence-electron chi connectivity index (χ4n) is 3.78. The van der Waals surface area contributed by atoms with Gasteiger partial charge >= 0.3 is 5.97 Å². The van der Waals surface area contributed by atoms with Crippen LogP contribution in [0.1, 0.15) is 33.3 Å². The maximum atomic E-state index is 13.1. The number of carbonyl (C=O) groups is 2. The second-order valence-electron chi connectivity index (χ2n) is 7.67. The molecule has 2 aromatic carbocycles. The first-order valence-corrected chi connectivity index (χ1v) is 12.6. The Hall–Kier alpha value is -2.68. The van der Waals surface area contributed by atoms with Crippen LogP contribution in [-0.4, -0.2) is 35.7 Å². The third kappa shape index (κ3) is 6.01. The molecule has 172 valence electrons. The highest BCUT2D eigenvalue weighted by Gasteiger charge is 2.29. The van der Waals surface area contributed by atoms with Gasteiger partial charge in [-0.25, -0.2) is 9.18 Å². The molecule has 1 aromatic heterocycles. The number of amides is 1. The van der Waals surface area contributed by atoms with Crippen LogP contribution in [0.5, 0.6) is 0 Å². The van der Waals surface area contributed by atoms with E-state index in [4.69, 9.17) is 4.74 Å². The van der Waals surface area contributed by atoms with E-state index in [1.165, 1.54) is 40.8 Å². The highest BCUT2D eigenvalue weighted by molar-refractivity contribution is 8.00. The molecule has 8 heteroatoms. The molecule has 2 heterocycles. The van der Waals surface area contributed by atoms with Crippen molar-refractivity contribution in [1.82, 2.24) is 4.90 Å². The van der Waals surface area contributed by atoms with Crippen molar-refractivity contribution in [2.45, 2.75) is 31.3 Å². The fraction of sp³-hybridized carbons (Fsp3) is 0.280. The van der Waals surface area contributed by atoms with Gasteiger partial charge in [-0.1, -0.05) is 30.3 Å². The number of hydrogen-bond donors (Lipinski definition) is 1. The quantitative estimate of drug-likeness (QED) is 0.345. The number of ether oxygens (including phenoxy) is 1. The highest BCUT2D eigenvalue weighted by Crippen LogP contribution is 2.38. The summed E-state index contributed by atoms with van der Waals surface area (Å²) in [6, 6.07) is 16.3. The third-order valence-electron chi connectivity index (χ3n) is 5.30. The van der Waals surface area contributed by atoms with E-state index < -0.39 is 5.97 Å². The summed E-state index contributed by atoms with van der Waals surface area (Å²) >= 11 is 2.77. The van der Waals surface area contributed by atoms with Crippen molar-refractivity contribution in [3.8, 4) is 0 Å². The number of nitrogens with zero attached hydrogens (tertiary/aromatic N) is 1. The molecule has 0 saturated heterocycles. The number of thioether (sulfide) groups is 1. The Balaban J connectivity index is 1.48. The van der Waals surface area contributed by atoms with Crippen LogP contribution in [0, 0.1) is 5.82 Å². The molecule has 0 unspecified atom stereocenters. The molecule has 0 atom stereocenters. The zero-order chi connectivity index (χ0) is 23.2. The molecule has 0 saturated carbocycles. The van der Waals surface area contributed by atoms with Crippen LogP contribution >= 0.6 is 23.1 Å². The number of esters is 1. The molecule has 1 N–H and O–H groups in total. The molecule has 3 aromatic rings. The lowest BCUT2D eigenvalue weighted by atomic mass is 10.0. The Kier molecular flexibility index (Phi) is 7.80. The standard InChI is InChI=1S/C25H25FN2O3S2/c1-2-31-25(30)23-20-12-13-28(14-17-6-4-3-5-7-17)15-21(20)33-24(23)27-22(29)16-32-19-10-8-18(26)9-11-19/h3-11H,2,12-16H2,1H3,(H,27,29). The van der Waals surface area contributed by atoms with Gasteiger partial charge in [0.2, 0.25) is 5.91 Å². The normalized spacial score (nSPS) is 13.4. The van der Waals surface area contributed by atoms with Crippen LogP contribution in [0.4, 0.5) is 9.39 Å². The molecular formula is C25H25FN2O3S2. The van der Waals surface area contributed by atoms with Crippen molar-refractivity contribution in [3.63, 3.8) is 0 Å². The van der Waals surface area contributed by atoms with E-state index in [9.17, 15) is 14.0 Å². The SMILES string of the molecule is CCOC(=O)c1c(NC(=O)CSc2ccc(F)cc2)sc2c1CCN(Cc1ccccc1)C2. The van der Waals surface area contributed by atoms with Gasteiger partial charge in [-0.2, -0.15) is 0 Å². The molecule has 1 aliphatic rings. The molecule has 5 nitrogen and oxygen atoms in total. The van der Waals surface area contributed by atoms with E-state index in [2.05, 4.69) is 22.3 Å². The van der Waals surface area contributed by atoms with Crippen LogP contribution < -0.4 is 5.32 Å². The smallest absolute Gasteiger partial charge is 0.341 e. The van der Waals surface area contributed by atoms with E-state index in [1.54, 1.807) is 19.1 Å². The summed E-state index contributed by atoms with van der Waals surface area (Å²) in [5.74, 6) is -0.757. The van der Waals surface area contributed by atoms with Gasteiger partial charge < -0.3 is 10.1 Å². The molecular weight excluding hydrogens is 459 g/mol. The summed E-state index contributed by atoms with van der Waals surface area (Å²) in [6.45, 7) is 4.44. The van der Waals surface area contributed by atoms with Crippen LogP contribution in [0.2, 0.25) is 0 Å². The number of benzene rings is 2. The molecule has 0 aliphatic carbocycles. The Morgan fingerprint density at radius 1 is 1.15 bits per heavy atom. The summed E-state index contributed by atoms with van der Waals surface area (Å²) < 4.78 is 18.4. The second kappa shape index (κ2) is 11.0. The average molecular weight is 485 g/mol. The molecule has 1 aliphatic heterocycles. The van der Waals surface area contributed by atoms with Gasteiger partial charge in [0, 0.05) is 29.4 Å². The Bertz CT molecular complexity index is 1120. The minimum absolute atomic E-state index is 0.163. The molecule has 0 fully saturated rings. The van der Waals surface area contributed by atoms with Crippen LogP contribution in [0.25, 0.3) is 0 Å². The summed E-state index contributed by atoms with van der Waals surface area (Å²) in [5.41, 5.74) is 2.70. The summed E-state index contributed by atoms with van der Waals surface area (Å²) in [6.07, 6.45) is 0.729. The van der Waals surface area contributed by atoms with Crippen molar-refractivity contribution < 1.29 is 18.7 Å². The summed E-state index contributed by atoms with van der Waals surface area (Å²) in [5, 5.41) is 3.46. The number of halogens is 1. The predicted molar refractivity (Wildman–Crippen MR) is 130 cm³/mol. The van der Waals surface area contributed by atoms with E-state index >= 15 is 0 Å². The molecule has 0 bridgehead atoms. The number of anilines is 1. The van der Waals surface area contributed by atoms with E-state index in [1.807, 2.05) is 18.2 Å². The van der Waals surface area contributed by atoms with Crippen molar-refractivity contribution in [2.75, 3.05) is 24.2 Å². The van der Waals surface area contributed by atoms with Crippen LogP contribution in [-0.2, 0) is 29.0 Å². The van der Waals surface area contributed by atoms with Gasteiger partial charge in [0.25, 0.3) is 0 Å². The molecule has 4 rings (SSSR count). The molecule has 0 spiro atoms. The maximum Gasteiger partial charge on any atom is 0.341 e. The fourth-order valence-corrected chi connectivity index (χ4v) is 5.78. The van der Waals surface area contributed by atoms with Gasteiger partial charge in [0.1, 0.15) is 10.8 Å². The van der Waals surface area contributed by atoms with Crippen LogP contribution in [0.15, 0.2) is 59.5 Å². The zero-order valence-corrected chi connectivity index (χ0v) is 19.9. The minimum atomic E-state index is -0.395. The highest BCUT2D eigenvalue weighted by atomic mass is 32.2. The Morgan fingerprint density at radius 2 is 1.91 bits per heavy atom. The van der Waals surface area contributed by atoms with E-state index in [0.29, 0.717) is 10.6 Å². The molecule has 0 radical (unpaired) electrons. The lowest BCUT2D eigenvalue weighted by molar-refractivity contribution is -0.113. The van der Waals surface area contributed by atoms with E-state index in [0.717, 1.165) is 41.4 Å². The van der Waals surface area contributed by atoms with Gasteiger partial charge in [-0.05, 0) is 48.7 Å². The zero-order valence-electron chi connectivity index (χ0n) is 18.3. The van der Waals surface area contributed by atoms with Crippen molar-refractivity contribution in [3.05, 3.63) is 82.0 Å². The van der Waals surface area contributed by atoms with Gasteiger partial charge in [-0.3, -0.25) is 9.69 Å². The average Bonchev–Trinajstić information content (AvgIpc) is 3.16. The van der Waals surface area contributed by atoms with Gasteiger partial charge in [-0.15, -0.1) is 23.1 Å². The topological polar surface area (TPSA) is 58.6 Å². The lowest BCUT2D eigenvalue weighted by Crippen LogP contribution is -2.30. The first-order valence-electron chi connectivity index (χ1n) is 10.8. The Labute approximate surface area is 200 Å². The molecule has 33 heavy (non-hydrogen) atoms. The maximum absolute atomic E-state index is 13.1. The number of thiophene rings is 1. The third-order valence-corrected chi connectivity index (χ3v) is 7.45. The first kappa shape index (κ1) is 23.5. The Morgan fingerprint density at radius 3 is 2.64 bits per heavy atom. The predicted octanol–water partition coefficient (Wildman–Crippen LogP) is 5.35. The van der Waals surface area contributed by atoms with Crippen molar-refractivity contribution in [1.29, 1.82) is 0 Å². The second-order valence-corrected chi connectivity index (χ2v) is 9.82. The number of hydrogen-bond acceptors (Lipinski definition) is 6. The summed E-state index contributed by atoms with van der Waals surface area (Å²) in [7, 11) is 0. The first-order chi connectivity index (χ1) is 16.0.